The Morgan fingerprint density at radius 2 is 1.79 bits per heavy atom. The molecule has 0 spiro atoms. The Morgan fingerprint density at radius 1 is 1.08 bits per heavy atom. The second-order valence-corrected chi connectivity index (χ2v) is 6.41. The molecule has 24 heavy (non-hydrogen) atoms. The summed E-state index contributed by atoms with van der Waals surface area (Å²) in [6.07, 6.45) is 5.63. The van der Waals surface area contributed by atoms with E-state index in [0.29, 0.717) is 11.6 Å². The zero-order valence-corrected chi connectivity index (χ0v) is 14.3. The van der Waals surface area contributed by atoms with Crippen molar-refractivity contribution >= 4 is 23.2 Å². The third-order valence-corrected chi connectivity index (χ3v) is 4.45. The maximum Gasteiger partial charge on any atom is 0.238 e. The first-order valence-electron chi connectivity index (χ1n) is 8.15. The van der Waals surface area contributed by atoms with Gasteiger partial charge in [0.05, 0.1) is 12.9 Å². The molecule has 1 aliphatic heterocycles. The highest BCUT2D eigenvalue weighted by Gasteiger charge is 2.18. The van der Waals surface area contributed by atoms with Gasteiger partial charge < -0.3 is 9.88 Å². The summed E-state index contributed by atoms with van der Waals surface area (Å²) in [6, 6.07) is 7.18. The van der Waals surface area contributed by atoms with E-state index < -0.39 is 0 Å². The number of carbonyl (C=O) groups excluding carboxylic acids is 1. The Labute approximate surface area is 147 Å². The summed E-state index contributed by atoms with van der Waals surface area (Å²) in [7, 11) is 0. The van der Waals surface area contributed by atoms with Crippen molar-refractivity contribution in [3.05, 3.63) is 48.0 Å². The molecule has 128 valence electrons. The number of piperazine rings is 1. The number of nitrogens with one attached hydrogen (secondary N) is 1. The number of aromatic nitrogens is 2. The van der Waals surface area contributed by atoms with Crippen molar-refractivity contribution in [1.82, 2.24) is 19.4 Å². The summed E-state index contributed by atoms with van der Waals surface area (Å²) in [6.45, 7) is 6.21. The first kappa shape index (κ1) is 17.0. The molecule has 0 saturated carbocycles. The average Bonchev–Trinajstić information content (AvgIpc) is 3.10. The van der Waals surface area contributed by atoms with Crippen LogP contribution in [0.5, 0.6) is 0 Å². The van der Waals surface area contributed by atoms with Gasteiger partial charge in [-0.3, -0.25) is 14.6 Å². The van der Waals surface area contributed by atoms with E-state index in [9.17, 15) is 4.79 Å². The van der Waals surface area contributed by atoms with Gasteiger partial charge in [0.15, 0.2) is 0 Å². The number of halogens is 1. The van der Waals surface area contributed by atoms with Crippen LogP contribution in [0.3, 0.4) is 0 Å². The second-order valence-electron chi connectivity index (χ2n) is 5.97. The zero-order valence-electron chi connectivity index (χ0n) is 13.6. The average molecular weight is 348 g/mol. The monoisotopic (exact) mass is 347 g/mol. The molecule has 2 aromatic rings. The first-order valence-corrected chi connectivity index (χ1v) is 8.53. The summed E-state index contributed by atoms with van der Waals surface area (Å²) in [5.74, 6) is 0.0178. The minimum absolute atomic E-state index is 0.0178. The minimum atomic E-state index is 0.0178. The molecule has 0 unspecified atom stereocenters. The van der Waals surface area contributed by atoms with Crippen molar-refractivity contribution in [3.63, 3.8) is 0 Å². The number of carbonyl (C=O) groups is 1. The van der Waals surface area contributed by atoms with Crippen molar-refractivity contribution in [3.8, 4) is 0 Å². The van der Waals surface area contributed by atoms with Crippen LogP contribution in [0, 0.1) is 0 Å². The van der Waals surface area contributed by atoms with E-state index in [1.54, 1.807) is 18.3 Å². The van der Waals surface area contributed by atoms with Crippen LogP contribution in [0.15, 0.2) is 43.0 Å². The minimum Gasteiger partial charge on any atom is -0.336 e. The van der Waals surface area contributed by atoms with Crippen LogP contribution in [-0.2, 0) is 11.3 Å². The first-order chi connectivity index (χ1) is 11.7. The Hall–Kier alpha value is -1.89. The highest BCUT2D eigenvalue weighted by Crippen LogP contribution is 2.13. The lowest BCUT2D eigenvalue weighted by atomic mass is 10.3. The van der Waals surface area contributed by atoms with Gasteiger partial charge in [-0.05, 0) is 24.3 Å². The molecule has 1 saturated heterocycles. The molecular formula is C17H22ClN5O. The maximum atomic E-state index is 12.1. The molecular weight excluding hydrogens is 326 g/mol. The van der Waals surface area contributed by atoms with Crippen molar-refractivity contribution in [2.75, 3.05) is 44.6 Å². The fourth-order valence-corrected chi connectivity index (χ4v) is 2.91. The lowest BCUT2D eigenvalue weighted by Crippen LogP contribution is -2.49. The predicted molar refractivity (Wildman–Crippen MR) is 95.2 cm³/mol. The van der Waals surface area contributed by atoms with Crippen LogP contribution in [0.1, 0.15) is 0 Å². The van der Waals surface area contributed by atoms with Gasteiger partial charge in [-0.25, -0.2) is 4.98 Å². The number of hydrogen-bond acceptors (Lipinski definition) is 4. The number of imidazole rings is 1. The SMILES string of the molecule is O=C(CN1CCN(CCn2ccnc2)CC1)Nc1ccc(Cl)cc1. The lowest BCUT2D eigenvalue weighted by molar-refractivity contribution is -0.117. The maximum absolute atomic E-state index is 12.1. The Balaban J connectivity index is 1.37. The van der Waals surface area contributed by atoms with E-state index in [1.807, 2.05) is 24.7 Å². The lowest BCUT2D eigenvalue weighted by Gasteiger charge is -2.34. The van der Waals surface area contributed by atoms with Gasteiger partial charge in [-0.15, -0.1) is 0 Å². The van der Waals surface area contributed by atoms with E-state index in [-0.39, 0.29) is 5.91 Å². The van der Waals surface area contributed by atoms with Gasteiger partial charge in [0.1, 0.15) is 0 Å². The van der Waals surface area contributed by atoms with Gasteiger partial charge in [0, 0.05) is 62.4 Å². The molecule has 0 aliphatic carbocycles. The fourth-order valence-electron chi connectivity index (χ4n) is 2.78. The zero-order chi connectivity index (χ0) is 16.8. The van der Waals surface area contributed by atoms with Crippen molar-refractivity contribution in [2.24, 2.45) is 0 Å². The second kappa shape index (κ2) is 8.28. The Morgan fingerprint density at radius 3 is 2.46 bits per heavy atom. The third kappa shape index (κ3) is 5.06. The van der Waals surface area contributed by atoms with E-state index in [1.165, 1.54) is 0 Å². The highest BCUT2D eigenvalue weighted by atomic mass is 35.5. The Kier molecular flexibility index (Phi) is 5.85. The predicted octanol–water partition coefficient (Wildman–Crippen LogP) is 1.79. The van der Waals surface area contributed by atoms with Crippen molar-refractivity contribution in [2.45, 2.75) is 6.54 Å². The topological polar surface area (TPSA) is 53.4 Å². The van der Waals surface area contributed by atoms with Gasteiger partial charge in [0.2, 0.25) is 5.91 Å². The summed E-state index contributed by atoms with van der Waals surface area (Å²) < 4.78 is 2.09. The molecule has 1 N–H and O–H groups in total. The van der Waals surface area contributed by atoms with Gasteiger partial charge in [-0.1, -0.05) is 11.6 Å². The number of nitrogens with zero attached hydrogens (tertiary/aromatic N) is 4. The molecule has 3 rings (SSSR count). The number of benzene rings is 1. The molecule has 0 atom stereocenters. The molecule has 1 aliphatic rings. The smallest absolute Gasteiger partial charge is 0.238 e. The third-order valence-electron chi connectivity index (χ3n) is 4.19. The van der Waals surface area contributed by atoms with Crippen LogP contribution in [0.25, 0.3) is 0 Å². The van der Waals surface area contributed by atoms with Crippen molar-refractivity contribution < 1.29 is 4.79 Å². The van der Waals surface area contributed by atoms with Crippen LogP contribution in [0.2, 0.25) is 5.02 Å². The standard InChI is InChI=1S/C17H22ClN5O/c18-15-1-3-16(4-2-15)20-17(24)13-22-10-7-21(8-11-22)9-12-23-6-5-19-14-23/h1-6,14H,7-13H2,(H,20,24). The van der Waals surface area contributed by atoms with Crippen LogP contribution >= 0.6 is 11.6 Å². The molecule has 1 aromatic heterocycles. The number of anilines is 1. The normalized spacial score (nSPS) is 16.2. The molecule has 7 heteroatoms. The molecule has 0 bridgehead atoms. The summed E-state index contributed by atoms with van der Waals surface area (Å²) >= 11 is 5.85. The molecule has 1 fully saturated rings. The van der Waals surface area contributed by atoms with E-state index in [4.69, 9.17) is 11.6 Å². The molecule has 2 heterocycles. The molecule has 0 radical (unpaired) electrons. The van der Waals surface area contributed by atoms with E-state index in [0.717, 1.165) is 45.0 Å². The van der Waals surface area contributed by atoms with Gasteiger partial charge >= 0.3 is 0 Å². The Bertz CT molecular complexity index is 636. The van der Waals surface area contributed by atoms with Crippen molar-refractivity contribution in [1.29, 1.82) is 0 Å². The largest absolute Gasteiger partial charge is 0.336 e. The molecule has 6 nitrogen and oxygen atoms in total. The fraction of sp³-hybridized carbons (Fsp3) is 0.412. The number of hydrogen-bond donors (Lipinski definition) is 1. The van der Waals surface area contributed by atoms with E-state index in [2.05, 4.69) is 24.7 Å². The van der Waals surface area contributed by atoms with E-state index >= 15 is 0 Å². The van der Waals surface area contributed by atoms with Crippen LogP contribution in [-0.4, -0.2) is 64.5 Å². The van der Waals surface area contributed by atoms with Crippen LogP contribution in [0.4, 0.5) is 5.69 Å². The van der Waals surface area contributed by atoms with Gasteiger partial charge in [0.25, 0.3) is 0 Å². The number of amides is 1. The quantitative estimate of drug-likeness (QED) is 0.865. The van der Waals surface area contributed by atoms with Gasteiger partial charge in [-0.2, -0.15) is 0 Å². The van der Waals surface area contributed by atoms with Crippen LogP contribution < -0.4 is 5.32 Å². The summed E-state index contributed by atoms with van der Waals surface area (Å²) in [4.78, 5) is 20.8. The molecule has 1 aromatic carbocycles. The summed E-state index contributed by atoms with van der Waals surface area (Å²) in [5, 5.41) is 3.57. The highest BCUT2D eigenvalue weighted by molar-refractivity contribution is 6.30. The number of rotatable bonds is 6. The summed E-state index contributed by atoms with van der Waals surface area (Å²) in [5.41, 5.74) is 0.781. The molecule has 1 amide bonds.